The molecule has 0 spiro atoms. The van der Waals surface area contributed by atoms with Crippen LogP contribution in [0.5, 0.6) is 5.75 Å². The van der Waals surface area contributed by atoms with Crippen molar-refractivity contribution in [2.24, 2.45) is 0 Å². The summed E-state index contributed by atoms with van der Waals surface area (Å²) in [5.74, 6) is 1.89. The Balaban J connectivity index is 1.48. The summed E-state index contributed by atoms with van der Waals surface area (Å²) in [4.78, 5) is 16.1. The predicted molar refractivity (Wildman–Crippen MR) is 131 cm³/mol. The van der Waals surface area contributed by atoms with E-state index in [9.17, 15) is 4.79 Å². The van der Waals surface area contributed by atoms with Crippen molar-refractivity contribution in [2.45, 2.75) is 52.0 Å². The summed E-state index contributed by atoms with van der Waals surface area (Å²) >= 11 is 6.08. The van der Waals surface area contributed by atoms with E-state index in [-0.39, 0.29) is 5.91 Å². The van der Waals surface area contributed by atoms with Crippen LogP contribution in [0, 0.1) is 6.92 Å². The molecule has 0 radical (unpaired) electrons. The number of aryl methyl sites for hydroxylation is 3. The Labute approximate surface area is 195 Å². The smallest absolute Gasteiger partial charge is 0.243 e. The molecular formula is C26H32ClN3O2. The van der Waals surface area contributed by atoms with Crippen LogP contribution < -0.4 is 10.1 Å². The molecule has 3 rings (SSSR count). The molecule has 170 valence electrons. The van der Waals surface area contributed by atoms with E-state index in [1.165, 1.54) is 11.6 Å². The Hall–Kier alpha value is -2.79. The number of para-hydroxylation sites is 2. The van der Waals surface area contributed by atoms with Crippen molar-refractivity contribution < 1.29 is 9.53 Å². The van der Waals surface area contributed by atoms with Crippen molar-refractivity contribution in [2.75, 3.05) is 13.2 Å². The molecule has 1 amide bonds. The van der Waals surface area contributed by atoms with E-state index in [2.05, 4.69) is 34.7 Å². The van der Waals surface area contributed by atoms with Gasteiger partial charge in [0.2, 0.25) is 5.91 Å². The lowest BCUT2D eigenvalue weighted by Crippen LogP contribution is -2.21. The third-order valence-electron chi connectivity index (χ3n) is 5.47. The number of ether oxygens (including phenoxy) is 1. The monoisotopic (exact) mass is 453 g/mol. The van der Waals surface area contributed by atoms with Gasteiger partial charge in [-0.3, -0.25) is 4.79 Å². The van der Waals surface area contributed by atoms with Crippen molar-refractivity contribution in [3.8, 4) is 5.75 Å². The number of nitrogens with one attached hydrogen (secondary N) is 1. The second-order valence-electron chi connectivity index (χ2n) is 7.94. The number of imidazole rings is 1. The van der Waals surface area contributed by atoms with Crippen LogP contribution in [0.1, 0.15) is 43.5 Å². The van der Waals surface area contributed by atoms with Crippen molar-refractivity contribution in [3.63, 3.8) is 0 Å². The highest BCUT2D eigenvalue weighted by Gasteiger charge is 2.10. The van der Waals surface area contributed by atoms with Gasteiger partial charge in [-0.25, -0.2) is 4.98 Å². The second-order valence-corrected chi connectivity index (χ2v) is 8.35. The van der Waals surface area contributed by atoms with Gasteiger partial charge in [0.25, 0.3) is 0 Å². The van der Waals surface area contributed by atoms with Gasteiger partial charge in [-0.2, -0.15) is 0 Å². The summed E-state index contributed by atoms with van der Waals surface area (Å²) in [5, 5.41) is 3.59. The quantitative estimate of drug-likeness (QED) is 0.260. The fourth-order valence-corrected chi connectivity index (χ4v) is 3.82. The molecule has 6 heteroatoms. The zero-order valence-electron chi connectivity index (χ0n) is 18.8. The van der Waals surface area contributed by atoms with E-state index in [1.807, 2.05) is 31.2 Å². The van der Waals surface area contributed by atoms with Gasteiger partial charge in [0.1, 0.15) is 11.6 Å². The number of carbonyl (C=O) groups excluding carboxylic acids is 1. The third kappa shape index (κ3) is 6.86. The molecule has 2 aromatic carbocycles. The zero-order chi connectivity index (χ0) is 22.8. The molecular weight excluding hydrogens is 422 g/mol. The number of halogens is 1. The number of hydrogen-bond donors (Lipinski definition) is 1. The zero-order valence-corrected chi connectivity index (χ0v) is 19.5. The molecule has 0 atom stereocenters. The number of nitrogens with zero attached hydrogens (tertiary/aromatic N) is 2. The van der Waals surface area contributed by atoms with Gasteiger partial charge in [0.15, 0.2) is 0 Å². The molecule has 0 aliphatic carbocycles. The highest BCUT2D eigenvalue weighted by atomic mass is 35.5. The minimum atomic E-state index is -0.109. The number of aromatic nitrogens is 2. The van der Waals surface area contributed by atoms with Gasteiger partial charge in [-0.1, -0.05) is 36.7 Å². The number of hydrogen-bond acceptors (Lipinski definition) is 3. The van der Waals surface area contributed by atoms with Crippen LogP contribution in [0.2, 0.25) is 5.02 Å². The molecule has 32 heavy (non-hydrogen) atoms. The second kappa shape index (κ2) is 12.3. The summed E-state index contributed by atoms with van der Waals surface area (Å²) < 4.78 is 8.24. The summed E-state index contributed by atoms with van der Waals surface area (Å²) in [7, 11) is 0. The first-order valence-electron chi connectivity index (χ1n) is 11.3. The number of fused-ring (bicyclic) bond motifs is 1. The van der Waals surface area contributed by atoms with E-state index in [4.69, 9.17) is 21.3 Å². The Bertz CT molecular complexity index is 1040. The third-order valence-corrected chi connectivity index (χ3v) is 5.89. The summed E-state index contributed by atoms with van der Waals surface area (Å²) in [5.41, 5.74) is 3.27. The molecule has 0 aliphatic rings. The minimum Gasteiger partial charge on any atom is -0.494 e. The van der Waals surface area contributed by atoms with Crippen LogP contribution in [0.4, 0.5) is 0 Å². The molecule has 1 aromatic heterocycles. The predicted octanol–water partition coefficient (Wildman–Crippen LogP) is 5.87. The maximum atomic E-state index is 11.2. The van der Waals surface area contributed by atoms with Crippen LogP contribution in [0.15, 0.2) is 55.1 Å². The topological polar surface area (TPSA) is 56.2 Å². The van der Waals surface area contributed by atoms with E-state index in [0.29, 0.717) is 13.2 Å². The van der Waals surface area contributed by atoms with Gasteiger partial charge < -0.3 is 14.6 Å². The number of amides is 1. The lowest BCUT2D eigenvalue weighted by molar-refractivity contribution is -0.116. The van der Waals surface area contributed by atoms with Crippen LogP contribution in [0.25, 0.3) is 11.0 Å². The normalized spacial score (nSPS) is 10.9. The van der Waals surface area contributed by atoms with Crippen molar-refractivity contribution in [1.82, 2.24) is 14.9 Å². The summed E-state index contributed by atoms with van der Waals surface area (Å²) in [6.07, 6.45) is 7.29. The van der Waals surface area contributed by atoms with Gasteiger partial charge >= 0.3 is 0 Å². The molecule has 0 fully saturated rings. The minimum absolute atomic E-state index is 0.109. The number of rotatable bonds is 13. The molecule has 1 heterocycles. The average molecular weight is 454 g/mol. The van der Waals surface area contributed by atoms with E-state index in [0.717, 1.165) is 72.7 Å². The number of carbonyl (C=O) groups is 1. The lowest BCUT2D eigenvalue weighted by atomic mass is 10.2. The van der Waals surface area contributed by atoms with Gasteiger partial charge in [0, 0.05) is 24.5 Å². The standard InChI is InChI=1S/C26H32ClN3O2/c1-3-26(31)28-16-8-4-5-13-25-29-23-11-6-7-12-24(23)30(25)17-9-10-18-32-21-14-15-22(27)20(2)19-21/h3,6-7,11-12,14-15,19H,1,4-5,8-10,13,16-18H2,2H3,(H,28,31). The fraction of sp³-hybridized carbons (Fsp3) is 0.385. The van der Waals surface area contributed by atoms with E-state index >= 15 is 0 Å². The SMILES string of the molecule is C=CC(=O)NCCCCCc1nc2ccccc2n1CCCCOc1ccc(Cl)c(C)c1. The number of unbranched alkanes of at least 4 members (excludes halogenated alkanes) is 3. The lowest BCUT2D eigenvalue weighted by Gasteiger charge is -2.11. The van der Waals surface area contributed by atoms with E-state index in [1.54, 1.807) is 0 Å². The Morgan fingerprint density at radius 2 is 2.00 bits per heavy atom. The van der Waals surface area contributed by atoms with Crippen molar-refractivity contribution in [1.29, 1.82) is 0 Å². The fourth-order valence-electron chi connectivity index (χ4n) is 3.70. The summed E-state index contributed by atoms with van der Waals surface area (Å²) in [6.45, 7) is 7.75. The number of benzene rings is 2. The van der Waals surface area contributed by atoms with Gasteiger partial charge in [0.05, 0.1) is 17.6 Å². The molecule has 0 unspecified atom stereocenters. The van der Waals surface area contributed by atoms with Crippen LogP contribution in [-0.4, -0.2) is 28.6 Å². The van der Waals surface area contributed by atoms with E-state index < -0.39 is 0 Å². The van der Waals surface area contributed by atoms with Crippen molar-refractivity contribution in [3.05, 3.63) is 71.5 Å². The molecule has 0 bridgehead atoms. The maximum absolute atomic E-state index is 11.2. The Morgan fingerprint density at radius 3 is 2.81 bits per heavy atom. The highest BCUT2D eigenvalue weighted by molar-refractivity contribution is 6.31. The van der Waals surface area contributed by atoms with Crippen LogP contribution >= 0.6 is 11.6 Å². The molecule has 0 aliphatic heterocycles. The molecule has 3 aromatic rings. The largest absolute Gasteiger partial charge is 0.494 e. The molecule has 0 saturated carbocycles. The first-order valence-corrected chi connectivity index (χ1v) is 11.7. The molecule has 5 nitrogen and oxygen atoms in total. The Kier molecular flexibility index (Phi) is 9.17. The molecule has 1 N–H and O–H groups in total. The van der Waals surface area contributed by atoms with Crippen molar-refractivity contribution >= 4 is 28.5 Å². The van der Waals surface area contributed by atoms with Gasteiger partial charge in [-0.05, 0) is 74.6 Å². The van der Waals surface area contributed by atoms with Gasteiger partial charge in [-0.15, -0.1) is 0 Å². The average Bonchev–Trinajstić information content (AvgIpc) is 3.15. The van der Waals surface area contributed by atoms with Crippen LogP contribution in [0.3, 0.4) is 0 Å². The Morgan fingerprint density at radius 1 is 1.16 bits per heavy atom. The maximum Gasteiger partial charge on any atom is 0.243 e. The first-order chi connectivity index (χ1) is 15.6. The summed E-state index contributed by atoms with van der Waals surface area (Å²) in [6, 6.07) is 14.1. The first kappa shape index (κ1) is 23.9. The highest BCUT2D eigenvalue weighted by Crippen LogP contribution is 2.22. The molecule has 0 saturated heterocycles. The van der Waals surface area contributed by atoms with Crippen LogP contribution in [-0.2, 0) is 17.8 Å².